The van der Waals surface area contributed by atoms with E-state index < -0.39 is 5.41 Å². The van der Waals surface area contributed by atoms with E-state index in [2.05, 4.69) is 124 Å². The van der Waals surface area contributed by atoms with E-state index in [-0.39, 0.29) is 0 Å². The van der Waals surface area contributed by atoms with Crippen LogP contribution in [0, 0.1) is 0 Å². The highest BCUT2D eigenvalue weighted by Crippen LogP contribution is 2.52. The van der Waals surface area contributed by atoms with E-state index in [1.165, 1.54) is 58.1 Å². The van der Waals surface area contributed by atoms with Crippen LogP contribution >= 0.6 is 0 Å². The predicted molar refractivity (Wildman–Crippen MR) is 170 cm³/mol. The largest absolute Gasteiger partial charge is 0.502 e. The summed E-state index contributed by atoms with van der Waals surface area (Å²) < 4.78 is 11.6. The topological polar surface area (TPSA) is 18.5 Å². The first kappa shape index (κ1) is 29.2. The second-order valence-electron chi connectivity index (χ2n) is 10.4. The molecule has 1 aliphatic carbocycles. The molecule has 1 unspecified atom stereocenters. The van der Waals surface area contributed by atoms with Crippen LogP contribution in [0.2, 0.25) is 0 Å². The van der Waals surface area contributed by atoms with Crippen molar-refractivity contribution in [2.45, 2.75) is 64.7 Å². The van der Waals surface area contributed by atoms with E-state index in [0.717, 1.165) is 31.4 Å². The van der Waals surface area contributed by atoms with E-state index >= 15 is 0 Å². The SMILES string of the molecule is C=COCCCOc1ccc(C2(c3ccc(CC)cc3)C(/C=C\C=C/C)=Cc3ccccc32)cc1CCCCC. The van der Waals surface area contributed by atoms with E-state index in [1.54, 1.807) is 0 Å². The maximum absolute atomic E-state index is 6.32. The van der Waals surface area contributed by atoms with Crippen molar-refractivity contribution in [2.75, 3.05) is 13.2 Å². The van der Waals surface area contributed by atoms with Crippen LogP contribution in [0.5, 0.6) is 5.75 Å². The van der Waals surface area contributed by atoms with Crippen LogP contribution in [0.15, 0.2) is 109 Å². The third-order valence-electron chi connectivity index (χ3n) is 7.81. The van der Waals surface area contributed by atoms with Crippen molar-refractivity contribution in [3.63, 3.8) is 0 Å². The summed E-state index contributed by atoms with van der Waals surface area (Å²) in [6.07, 6.45) is 18.9. The summed E-state index contributed by atoms with van der Waals surface area (Å²) in [4.78, 5) is 0. The fourth-order valence-electron chi connectivity index (χ4n) is 5.76. The van der Waals surface area contributed by atoms with E-state index in [0.29, 0.717) is 13.2 Å². The van der Waals surface area contributed by atoms with Crippen molar-refractivity contribution in [1.29, 1.82) is 0 Å². The number of fused-ring (bicyclic) bond motifs is 1. The first-order valence-corrected chi connectivity index (χ1v) is 14.9. The normalized spacial score (nSPS) is 16.3. The molecule has 0 bridgehead atoms. The van der Waals surface area contributed by atoms with E-state index in [1.807, 2.05) is 0 Å². The van der Waals surface area contributed by atoms with Crippen molar-refractivity contribution in [2.24, 2.45) is 0 Å². The molecule has 1 aliphatic rings. The van der Waals surface area contributed by atoms with Crippen LogP contribution in [0.25, 0.3) is 6.08 Å². The summed E-state index contributed by atoms with van der Waals surface area (Å²) >= 11 is 0. The number of aryl methyl sites for hydroxylation is 2. The van der Waals surface area contributed by atoms with E-state index in [9.17, 15) is 0 Å². The number of benzene rings is 3. The van der Waals surface area contributed by atoms with Gasteiger partial charge in [0, 0.05) is 6.42 Å². The third-order valence-corrected chi connectivity index (χ3v) is 7.81. The van der Waals surface area contributed by atoms with Crippen molar-refractivity contribution >= 4 is 6.08 Å². The van der Waals surface area contributed by atoms with Crippen LogP contribution < -0.4 is 4.74 Å². The molecule has 0 aliphatic heterocycles. The zero-order valence-corrected chi connectivity index (χ0v) is 24.5. The Morgan fingerprint density at radius 1 is 0.850 bits per heavy atom. The van der Waals surface area contributed by atoms with Gasteiger partial charge in [-0.15, -0.1) is 0 Å². The van der Waals surface area contributed by atoms with Gasteiger partial charge in [0.1, 0.15) is 5.75 Å². The molecule has 208 valence electrons. The van der Waals surface area contributed by atoms with Gasteiger partial charge in [0.25, 0.3) is 0 Å². The summed E-state index contributed by atoms with van der Waals surface area (Å²) in [5.74, 6) is 0.983. The smallest absolute Gasteiger partial charge is 0.122 e. The molecule has 0 radical (unpaired) electrons. The van der Waals surface area contributed by atoms with Gasteiger partial charge < -0.3 is 9.47 Å². The molecular weight excluding hydrogens is 488 g/mol. The fourth-order valence-corrected chi connectivity index (χ4v) is 5.76. The van der Waals surface area contributed by atoms with Gasteiger partial charge in [-0.25, -0.2) is 0 Å². The molecular formula is C38H44O2. The quantitative estimate of drug-likeness (QED) is 0.110. The molecule has 0 heterocycles. The molecule has 0 N–H and O–H groups in total. The Morgan fingerprint density at radius 2 is 1.65 bits per heavy atom. The number of hydrogen-bond acceptors (Lipinski definition) is 2. The molecule has 4 rings (SSSR count). The lowest BCUT2D eigenvalue weighted by atomic mass is 9.66. The minimum atomic E-state index is -0.406. The Kier molecular flexibility index (Phi) is 10.6. The Morgan fingerprint density at radius 3 is 2.40 bits per heavy atom. The minimum Gasteiger partial charge on any atom is -0.502 e. The lowest BCUT2D eigenvalue weighted by molar-refractivity contribution is 0.209. The van der Waals surface area contributed by atoms with Gasteiger partial charge in [0.15, 0.2) is 0 Å². The predicted octanol–water partition coefficient (Wildman–Crippen LogP) is 9.77. The van der Waals surface area contributed by atoms with Crippen LogP contribution in [-0.4, -0.2) is 13.2 Å². The van der Waals surface area contributed by atoms with Crippen molar-refractivity contribution in [1.82, 2.24) is 0 Å². The molecule has 3 aromatic rings. The maximum Gasteiger partial charge on any atom is 0.122 e. The minimum absolute atomic E-state index is 0.406. The fraction of sp³-hybridized carbons (Fsp3) is 0.316. The van der Waals surface area contributed by atoms with Gasteiger partial charge in [-0.3, -0.25) is 0 Å². The zero-order chi connectivity index (χ0) is 28.2. The average Bonchev–Trinajstić information content (AvgIpc) is 3.32. The maximum atomic E-state index is 6.32. The lowest BCUT2D eigenvalue weighted by Crippen LogP contribution is -2.29. The van der Waals surface area contributed by atoms with Gasteiger partial charge in [-0.1, -0.05) is 118 Å². The molecule has 1 atom stereocenters. The standard InChI is InChI=1S/C38H44O2/c1-5-9-11-17-32-29-35(24-25-37(32)40-27-15-26-39-8-4)38(33-22-20-30(7-3)21-23-33)34(18-12-10-6-2)28-31-16-13-14-19-36(31)38/h6,8,10,12-14,16,18-25,28-29H,4-5,7,9,11,15,17,26-27H2,1-3H3/b10-6-,18-12-. The first-order valence-electron chi connectivity index (χ1n) is 14.9. The summed E-state index contributed by atoms with van der Waals surface area (Å²) in [5.41, 5.74) is 8.69. The molecule has 0 spiro atoms. The van der Waals surface area contributed by atoms with Crippen LogP contribution in [0.3, 0.4) is 0 Å². The summed E-state index contributed by atoms with van der Waals surface area (Å²) in [7, 11) is 0. The molecule has 0 aromatic heterocycles. The zero-order valence-electron chi connectivity index (χ0n) is 24.5. The highest BCUT2D eigenvalue weighted by Gasteiger charge is 2.44. The average molecular weight is 533 g/mol. The van der Waals surface area contributed by atoms with Crippen molar-refractivity contribution in [3.8, 4) is 5.75 Å². The Bertz CT molecular complexity index is 1340. The summed E-state index contributed by atoms with van der Waals surface area (Å²) in [6, 6.07) is 25.0. The van der Waals surface area contributed by atoms with Crippen LogP contribution in [0.1, 0.15) is 79.8 Å². The summed E-state index contributed by atoms with van der Waals surface area (Å²) in [6.45, 7) is 11.4. The second kappa shape index (κ2) is 14.6. The first-order chi connectivity index (χ1) is 19.7. The van der Waals surface area contributed by atoms with Crippen LogP contribution in [-0.2, 0) is 23.0 Å². The number of hydrogen-bond donors (Lipinski definition) is 0. The molecule has 2 nitrogen and oxygen atoms in total. The highest BCUT2D eigenvalue weighted by molar-refractivity contribution is 5.79. The van der Waals surface area contributed by atoms with Gasteiger partial charge in [0.2, 0.25) is 0 Å². The number of ether oxygens (including phenoxy) is 2. The van der Waals surface area contributed by atoms with Crippen molar-refractivity contribution in [3.05, 3.63) is 143 Å². The molecule has 0 fully saturated rings. The van der Waals surface area contributed by atoms with Gasteiger partial charge in [-0.05, 0) is 77.3 Å². The summed E-state index contributed by atoms with van der Waals surface area (Å²) in [5, 5.41) is 0. The lowest BCUT2D eigenvalue weighted by Gasteiger charge is -2.35. The number of rotatable bonds is 15. The molecule has 3 aromatic carbocycles. The van der Waals surface area contributed by atoms with Gasteiger partial charge in [-0.2, -0.15) is 0 Å². The Balaban J connectivity index is 1.88. The number of allylic oxidation sites excluding steroid dienone is 5. The Labute approximate surface area is 241 Å². The molecule has 0 saturated carbocycles. The van der Waals surface area contributed by atoms with Crippen LogP contribution in [0.4, 0.5) is 0 Å². The molecule has 2 heteroatoms. The Hall–Kier alpha value is -3.78. The molecule has 40 heavy (non-hydrogen) atoms. The number of unbranched alkanes of at least 4 members (excludes halogenated alkanes) is 2. The highest BCUT2D eigenvalue weighted by atomic mass is 16.5. The van der Waals surface area contributed by atoms with Crippen molar-refractivity contribution < 1.29 is 9.47 Å². The molecule has 0 saturated heterocycles. The van der Waals surface area contributed by atoms with E-state index in [4.69, 9.17) is 9.47 Å². The second-order valence-corrected chi connectivity index (χ2v) is 10.4. The third kappa shape index (κ3) is 6.33. The molecule has 0 amide bonds. The monoisotopic (exact) mass is 532 g/mol. The van der Waals surface area contributed by atoms with Gasteiger partial charge in [0.05, 0.1) is 24.9 Å². The van der Waals surface area contributed by atoms with Gasteiger partial charge >= 0.3 is 0 Å².